The van der Waals surface area contributed by atoms with E-state index in [9.17, 15) is 4.79 Å². The standard InChI is InChI=1S/C23H30N4O3/c28-22(25-6-1-8-27-11-7-24-17-27)19-15-23(19)4-9-26(10-5-23)16-18-2-3-20-21(14-18)30-13-12-29-20/h2-3,7,11,14,17,19H,1,4-6,8-10,12-13,15-16H2,(H,25,28). The lowest BCUT2D eigenvalue weighted by atomic mass is 9.90. The van der Waals surface area contributed by atoms with Gasteiger partial charge in [0.15, 0.2) is 11.5 Å². The number of hydrogen-bond donors (Lipinski definition) is 1. The van der Waals surface area contributed by atoms with Crippen molar-refractivity contribution in [2.24, 2.45) is 11.3 Å². The number of fused-ring (bicyclic) bond motifs is 1. The molecule has 2 aliphatic heterocycles. The first-order chi connectivity index (χ1) is 14.7. The Kier molecular flexibility index (Phi) is 5.37. The maximum atomic E-state index is 12.6. The molecular weight excluding hydrogens is 380 g/mol. The summed E-state index contributed by atoms with van der Waals surface area (Å²) in [7, 11) is 0. The molecule has 1 N–H and O–H groups in total. The van der Waals surface area contributed by atoms with Gasteiger partial charge in [0.05, 0.1) is 6.33 Å². The van der Waals surface area contributed by atoms with Gasteiger partial charge in [0, 0.05) is 37.9 Å². The van der Waals surface area contributed by atoms with Gasteiger partial charge in [-0.2, -0.15) is 0 Å². The zero-order valence-electron chi connectivity index (χ0n) is 17.4. The van der Waals surface area contributed by atoms with Crippen LogP contribution < -0.4 is 14.8 Å². The molecule has 5 rings (SSSR count). The van der Waals surface area contributed by atoms with Gasteiger partial charge in [-0.3, -0.25) is 9.69 Å². The number of nitrogens with one attached hydrogen (secondary N) is 1. The smallest absolute Gasteiger partial charge is 0.223 e. The largest absolute Gasteiger partial charge is 0.486 e. The van der Waals surface area contributed by atoms with Crippen molar-refractivity contribution < 1.29 is 14.3 Å². The van der Waals surface area contributed by atoms with Gasteiger partial charge < -0.3 is 19.4 Å². The molecule has 7 nitrogen and oxygen atoms in total. The molecule has 160 valence electrons. The van der Waals surface area contributed by atoms with Gasteiger partial charge in [0.25, 0.3) is 0 Å². The summed E-state index contributed by atoms with van der Waals surface area (Å²) in [5, 5.41) is 3.15. The second kappa shape index (κ2) is 8.30. The monoisotopic (exact) mass is 410 g/mol. The highest BCUT2D eigenvalue weighted by molar-refractivity contribution is 5.82. The highest BCUT2D eigenvalue weighted by Gasteiger charge is 2.58. The molecule has 2 fully saturated rings. The molecule has 1 aliphatic carbocycles. The number of ether oxygens (including phenoxy) is 2. The average Bonchev–Trinajstić information content (AvgIpc) is 3.21. The number of benzene rings is 1. The summed E-state index contributed by atoms with van der Waals surface area (Å²) in [5.74, 6) is 2.17. The van der Waals surface area contributed by atoms with Crippen molar-refractivity contribution in [1.82, 2.24) is 19.8 Å². The minimum absolute atomic E-state index is 0.210. The van der Waals surface area contributed by atoms with Crippen LogP contribution in [0.1, 0.15) is 31.2 Å². The lowest BCUT2D eigenvalue weighted by molar-refractivity contribution is -0.123. The molecule has 1 spiro atoms. The number of carbonyl (C=O) groups is 1. The molecule has 0 bridgehead atoms. The molecule has 1 unspecified atom stereocenters. The van der Waals surface area contributed by atoms with E-state index in [0.29, 0.717) is 13.2 Å². The quantitative estimate of drug-likeness (QED) is 0.710. The predicted octanol–water partition coefficient (Wildman–Crippen LogP) is 2.46. The van der Waals surface area contributed by atoms with Crippen molar-refractivity contribution in [2.75, 3.05) is 32.8 Å². The van der Waals surface area contributed by atoms with Gasteiger partial charge in [-0.15, -0.1) is 0 Å². The predicted molar refractivity (Wildman–Crippen MR) is 112 cm³/mol. The fourth-order valence-corrected chi connectivity index (χ4v) is 4.89. The van der Waals surface area contributed by atoms with Crippen molar-refractivity contribution >= 4 is 5.91 Å². The number of hydrogen-bond acceptors (Lipinski definition) is 5. The molecule has 1 aromatic heterocycles. The van der Waals surface area contributed by atoms with E-state index in [1.165, 1.54) is 5.56 Å². The highest BCUT2D eigenvalue weighted by atomic mass is 16.6. The number of rotatable bonds is 7. The Morgan fingerprint density at radius 2 is 2.03 bits per heavy atom. The summed E-state index contributed by atoms with van der Waals surface area (Å²) in [6.07, 6.45) is 9.78. The molecule has 7 heteroatoms. The Bertz CT molecular complexity index is 875. The van der Waals surface area contributed by atoms with Crippen LogP contribution in [0.25, 0.3) is 0 Å². The zero-order chi connectivity index (χ0) is 20.4. The number of carbonyl (C=O) groups excluding carboxylic acids is 1. The first kappa shape index (κ1) is 19.4. The molecule has 1 saturated heterocycles. The van der Waals surface area contributed by atoms with Crippen LogP contribution in [-0.2, 0) is 17.9 Å². The number of imidazole rings is 1. The van der Waals surface area contributed by atoms with Crippen LogP contribution in [0.4, 0.5) is 0 Å². The van der Waals surface area contributed by atoms with Crippen molar-refractivity contribution in [2.45, 2.75) is 38.8 Å². The summed E-state index contributed by atoms with van der Waals surface area (Å²) in [5.41, 5.74) is 1.51. The summed E-state index contributed by atoms with van der Waals surface area (Å²) >= 11 is 0. The normalized spacial score (nSPS) is 22.1. The Balaban J connectivity index is 1.05. The van der Waals surface area contributed by atoms with Gasteiger partial charge in [-0.25, -0.2) is 4.98 Å². The number of piperidine rings is 1. The highest BCUT2D eigenvalue weighted by Crippen LogP contribution is 2.59. The fraction of sp³-hybridized carbons (Fsp3) is 0.565. The molecule has 30 heavy (non-hydrogen) atoms. The SMILES string of the molecule is O=C(NCCCn1ccnc1)C1CC12CCN(Cc1ccc3c(c1)OCCO3)CC2. The number of likely N-dealkylation sites (tertiary alicyclic amines) is 1. The fourth-order valence-electron chi connectivity index (χ4n) is 4.89. The number of amides is 1. The van der Waals surface area contributed by atoms with Gasteiger partial charge in [0.2, 0.25) is 5.91 Å². The van der Waals surface area contributed by atoms with Crippen LogP contribution >= 0.6 is 0 Å². The van der Waals surface area contributed by atoms with Gasteiger partial charge >= 0.3 is 0 Å². The number of aromatic nitrogens is 2. The first-order valence-corrected chi connectivity index (χ1v) is 11.1. The van der Waals surface area contributed by atoms with E-state index in [1.54, 1.807) is 6.20 Å². The Labute approximate surface area is 177 Å². The number of aryl methyl sites for hydroxylation is 1. The topological polar surface area (TPSA) is 68.6 Å². The molecule has 1 aromatic carbocycles. The molecule has 0 radical (unpaired) electrons. The summed E-state index contributed by atoms with van der Waals surface area (Å²) < 4.78 is 13.4. The third kappa shape index (κ3) is 4.17. The maximum Gasteiger partial charge on any atom is 0.223 e. The van der Waals surface area contributed by atoms with Crippen LogP contribution in [-0.4, -0.2) is 53.2 Å². The minimum Gasteiger partial charge on any atom is -0.486 e. The van der Waals surface area contributed by atoms with Crippen LogP contribution in [0.2, 0.25) is 0 Å². The average molecular weight is 411 g/mol. The van der Waals surface area contributed by atoms with Crippen LogP contribution in [0.3, 0.4) is 0 Å². The van der Waals surface area contributed by atoms with E-state index in [1.807, 2.05) is 23.2 Å². The third-order valence-electron chi connectivity index (χ3n) is 6.82. The Hall–Kier alpha value is -2.54. The molecule has 1 atom stereocenters. The van der Waals surface area contributed by atoms with Crippen LogP contribution in [0.15, 0.2) is 36.9 Å². The van der Waals surface area contributed by atoms with Gasteiger partial charge in [0.1, 0.15) is 13.2 Å². The van der Waals surface area contributed by atoms with E-state index >= 15 is 0 Å². The molecule has 1 saturated carbocycles. The van der Waals surface area contributed by atoms with Gasteiger partial charge in [-0.1, -0.05) is 6.07 Å². The van der Waals surface area contributed by atoms with E-state index in [0.717, 1.165) is 69.9 Å². The van der Waals surface area contributed by atoms with E-state index in [4.69, 9.17) is 9.47 Å². The molecule has 3 aliphatic rings. The molecular formula is C23H30N4O3. The van der Waals surface area contributed by atoms with E-state index in [2.05, 4.69) is 27.3 Å². The second-order valence-corrected chi connectivity index (χ2v) is 8.82. The first-order valence-electron chi connectivity index (χ1n) is 11.1. The van der Waals surface area contributed by atoms with Crippen molar-refractivity contribution in [3.63, 3.8) is 0 Å². The molecule has 2 aromatic rings. The van der Waals surface area contributed by atoms with Crippen LogP contribution in [0.5, 0.6) is 11.5 Å². The van der Waals surface area contributed by atoms with Crippen molar-refractivity contribution in [3.8, 4) is 11.5 Å². The minimum atomic E-state index is 0.210. The Morgan fingerprint density at radius 3 is 2.83 bits per heavy atom. The zero-order valence-corrected chi connectivity index (χ0v) is 17.4. The van der Waals surface area contributed by atoms with Gasteiger partial charge in [-0.05, 0) is 61.9 Å². The molecule has 1 amide bonds. The van der Waals surface area contributed by atoms with Crippen molar-refractivity contribution in [3.05, 3.63) is 42.5 Å². The third-order valence-corrected chi connectivity index (χ3v) is 6.82. The van der Waals surface area contributed by atoms with Crippen LogP contribution in [0, 0.1) is 11.3 Å². The lowest BCUT2D eigenvalue weighted by Gasteiger charge is -2.33. The second-order valence-electron chi connectivity index (χ2n) is 8.82. The summed E-state index contributed by atoms with van der Waals surface area (Å²) in [4.78, 5) is 19.1. The number of nitrogens with zero attached hydrogens (tertiary/aromatic N) is 3. The van der Waals surface area contributed by atoms with E-state index < -0.39 is 0 Å². The maximum absolute atomic E-state index is 12.6. The van der Waals surface area contributed by atoms with E-state index in [-0.39, 0.29) is 17.2 Å². The summed E-state index contributed by atoms with van der Waals surface area (Å²) in [6.45, 7) is 5.91. The van der Waals surface area contributed by atoms with Crippen molar-refractivity contribution in [1.29, 1.82) is 0 Å². The lowest BCUT2D eigenvalue weighted by Crippen LogP contribution is -2.37. The summed E-state index contributed by atoms with van der Waals surface area (Å²) in [6, 6.07) is 6.26. The molecule has 3 heterocycles. The Morgan fingerprint density at radius 1 is 1.20 bits per heavy atom.